The van der Waals surface area contributed by atoms with Gasteiger partial charge in [-0.05, 0) is 0 Å². The molecule has 1 aromatic rings. The molecule has 0 bridgehead atoms. The molecule has 128 valence electrons. The molecule has 0 unspecified atom stereocenters. The summed E-state index contributed by atoms with van der Waals surface area (Å²) in [4.78, 5) is 0. The minimum absolute atomic E-state index is 0.0559. The SMILES string of the molecule is CP(C)(C)(Cc1ccccc1)OS(=O)(=O)C(F)(F)C(F)(F)F. The first-order chi connectivity index (χ1) is 9.55. The molecule has 0 saturated carbocycles. The molecule has 0 aromatic heterocycles. The Hall–Kier alpha value is -0.790. The topological polar surface area (TPSA) is 43.4 Å². The Morgan fingerprint density at radius 1 is 1.00 bits per heavy atom. The summed E-state index contributed by atoms with van der Waals surface area (Å²) in [5, 5.41) is -5.96. The summed E-state index contributed by atoms with van der Waals surface area (Å²) in [5.74, 6) is 0. The van der Waals surface area contributed by atoms with Crippen LogP contribution in [0.25, 0.3) is 0 Å². The first-order valence-corrected chi connectivity index (χ1v) is 11.1. The van der Waals surface area contributed by atoms with Gasteiger partial charge in [-0.2, -0.15) is 0 Å². The molecule has 0 N–H and O–H groups in total. The van der Waals surface area contributed by atoms with Crippen molar-refractivity contribution in [1.29, 1.82) is 0 Å². The molecule has 0 saturated heterocycles. The first kappa shape index (κ1) is 19.3. The van der Waals surface area contributed by atoms with Crippen molar-refractivity contribution in [2.75, 3.05) is 20.0 Å². The summed E-state index contributed by atoms with van der Waals surface area (Å²) in [6, 6.07) is 8.18. The summed E-state index contributed by atoms with van der Waals surface area (Å²) in [5.41, 5.74) is 0.582. The standard InChI is InChI=1S/C12H16F5O3PS/c1-21(2,3,9-10-7-5-4-6-8-10)20-22(18,19)12(16,17)11(13,14)15/h4-8H,9H2,1-3H3. The minimum atomic E-state index is -6.24. The Labute approximate surface area is 125 Å². The van der Waals surface area contributed by atoms with Crippen molar-refractivity contribution >= 4 is 16.9 Å². The number of halogens is 5. The fourth-order valence-electron chi connectivity index (χ4n) is 1.78. The van der Waals surface area contributed by atoms with E-state index < -0.39 is 28.4 Å². The number of hydrogen-bond donors (Lipinski definition) is 0. The number of hydrogen-bond acceptors (Lipinski definition) is 3. The number of benzene rings is 1. The second-order valence-electron chi connectivity index (χ2n) is 6.15. The molecule has 0 amide bonds. The van der Waals surface area contributed by atoms with Gasteiger partial charge in [0.05, 0.1) is 0 Å². The second kappa shape index (κ2) is 5.39. The third-order valence-corrected chi connectivity index (χ3v) is 7.88. The second-order valence-corrected chi connectivity index (χ2v) is 14.4. The van der Waals surface area contributed by atoms with Crippen LogP contribution in [-0.4, -0.2) is 39.8 Å². The van der Waals surface area contributed by atoms with E-state index in [1.807, 2.05) is 0 Å². The van der Waals surface area contributed by atoms with Crippen molar-refractivity contribution in [3.05, 3.63) is 35.9 Å². The molecule has 3 nitrogen and oxygen atoms in total. The summed E-state index contributed by atoms with van der Waals surface area (Å²) >= 11 is 0. The zero-order valence-corrected chi connectivity index (χ0v) is 13.8. The van der Waals surface area contributed by atoms with Crippen molar-refractivity contribution in [3.63, 3.8) is 0 Å². The average Bonchev–Trinajstić information content (AvgIpc) is 2.24. The van der Waals surface area contributed by atoms with Crippen LogP contribution in [0.15, 0.2) is 30.3 Å². The quantitative estimate of drug-likeness (QED) is 0.583. The van der Waals surface area contributed by atoms with Gasteiger partial charge in [-0.3, -0.25) is 0 Å². The molecule has 0 aliphatic rings. The average molecular weight is 366 g/mol. The van der Waals surface area contributed by atoms with E-state index >= 15 is 0 Å². The van der Waals surface area contributed by atoms with Gasteiger partial charge in [0.25, 0.3) is 0 Å². The molecule has 0 radical (unpaired) electrons. The van der Waals surface area contributed by atoms with E-state index in [0.717, 1.165) is 0 Å². The Morgan fingerprint density at radius 2 is 1.45 bits per heavy atom. The van der Waals surface area contributed by atoms with Crippen LogP contribution in [0.3, 0.4) is 0 Å². The van der Waals surface area contributed by atoms with Gasteiger partial charge in [0.2, 0.25) is 0 Å². The molecule has 0 fully saturated rings. The molecule has 0 aliphatic carbocycles. The molecule has 0 aliphatic heterocycles. The predicted octanol–water partition coefficient (Wildman–Crippen LogP) is 4.05. The van der Waals surface area contributed by atoms with Gasteiger partial charge in [0, 0.05) is 0 Å². The normalized spacial score (nSPS) is 16.1. The molecule has 0 atom stereocenters. The van der Waals surface area contributed by atoms with Crippen LogP contribution >= 0.6 is 6.83 Å². The van der Waals surface area contributed by atoms with E-state index in [-0.39, 0.29) is 6.16 Å². The van der Waals surface area contributed by atoms with Crippen molar-refractivity contribution in [1.82, 2.24) is 0 Å². The van der Waals surface area contributed by atoms with E-state index in [1.165, 1.54) is 20.0 Å². The van der Waals surface area contributed by atoms with E-state index in [4.69, 9.17) is 0 Å². The maximum atomic E-state index is 13.1. The van der Waals surface area contributed by atoms with Gasteiger partial charge >= 0.3 is 125 Å². The van der Waals surface area contributed by atoms with Crippen molar-refractivity contribution in [2.24, 2.45) is 0 Å². The van der Waals surface area contributed by atoms with Crippen LogP contribution in [0.1, 0.15) is 5.56 Å². The Morgan fingerprint density at radius 3 is 1.86 bits per heavy atom. The summed E-state index contributed by atoms with van der Waals surface area (Å²) < 4.78 is 90.4. The van der Waals surface area contributed by atoms with Gasteiger partial charge in [0.1, 0.15) is 0 Å². The number of alkyl halides is 5. The van der Waals surface area contributed by atoms with Gasteiger partial charge in [0.15, 0.2) is 0 Å². The Balaban J connectivity index is 3.14. The summed E-state index contributed by atoms with van der Waals surface area (Å²) in [6.07, 6.45) is -6.29. The van der Waals surface area contributed by atoms with Crippen molar-refractivity contribution in [3.8, 4) is 0 Å². The fourth-order valence-corrected chi connectivity index (χ4v) is 7.02. The van der Waals surface area contributed by atoms with E-state index in [2.05, 4.69) is 3.97 Å². The third-order valence-electron chi connectivity index (χ3n) is 2.58. The zero-order valence-electron chi connectivity index (χ0n) is 12.1. The molecule has 0 heterocycles. The van der Waals surface area contributed by atoms with E-state index in [0.29, 0.717) is 5.56 Å². The molecular formula is C12H16F5O3PS. The molecule has 22 heavy (non-hydrogen) atoms. The van der Waals surface area contributed by atoms with E-state index in [9.17, 15) is 30.4 Å². The van der Waals surface area contributed by atoms with Crippen LogP contribution in [-0.2, 0) is 20.3 Å². The van der Waals surface area contributed by atoms with Gasteiger partial charge in [-0.15, -0.1) is 0 Å². The molecule has 1 aromatic carbocycles. The van der Waals surface area contributed by atoms with Gasteiger partial charge in [-0.25, -0.2) is 0 Å². The molecule has 1 rings (SSSR count). The van der Waals surface area contributed by atoms with Crippen molar-refractivity contribution < 1.29 is 34.3 Å². The summed E-state index contributed by atoms with van der Waals surface area (Å²) in [7, 11) is -6.15. The van der Waals surface area contributed by atoms with E-state index in [1.54, 1.807) is 30.3 Å². The fraction of sp³-hybridized carbons (Fsp3) is 0.500. The maximum absolute atomic E-state index is 13.1. The predicted molar refractivity (Wildman–Crippen MR) is 75.8 cm³/mol. The zero-order chi connectivity index (χ0) is 17.5. The van der Waals surface area contributed by atoms with Crippen LogP contribution in [0.4, 0.5) is 22.0 Å². The van der Waals surface area contributed by atoms with Crippen LogP contribution in [0, 0.1) is 0 Å². The van der Waals surface area contributed by atoms with Gasteiger partial charge in [-0.1, -0.05) is 0 Å². The van der Waals surface area contributed by atoms with Gasteiger partial charge < -0.3 is 0 Å². The molecular weight excluding hydrogens is 350 g/mol. The number of rotatable bonds is 5. The Kier molecular flexibility index (Phi) is 4.71. The van der Waals surface area contributed by atoms with Crippen LogP contribution < -0.4 is 0 Å². The first-order valence-electron chi connectivity index (χ1n) is 6.00. The third kappa shape index (κ3) is 4.36. The van der Waals surface area contributed by atoms with Crippen LogP contribution in [0.2, 0.25) is 0 Å². The van der Waals surface area contributed by atoms with Crippen molar-refractivity contribution in [2.45, 2.75) is 17.6 Å². The molecule has 0 spiro atoms. The Bertz CT molecular complexity index is 632. The monoisotopic (exact) mass is 366 g/mol. The van der Waals surface area contributed by atoms with Crippen LogP contribution in [0.5, 0.6) is 0 Å². The molecule has 10 heteroatoms. The summed E-state index contributed by atoms with van der Waals surface area (Å²) in [6.45, 7) is -0.0179.